The first-order valence-electron chi connectivity index (χ1n) is 14.5. The number of rotatable bonds is 9. The minimum Gasteiger partial charge on any atom is -0.457 e. The lowest BCUT2D eigenvalue weighted by Gasteiger charge is -2.11. The zero-order valence-electron chi connectivity index (χ0n) is 25.1. The molecule has 0 aromatic heterocycles. The zero-order valence-corrected chi connectivity index (χ0v) is 26.8. The summed E-state index contributed by atoms with van der Waals surface area (Å²) in [4.78, 5) is 0.610. The van der Waals surface area contributed by atoms with Crippen molar-refractivity contribution in [3.05, 3.63) is 157 Å². The average molecular weight is 647 g/mol. The summed E-state index contributed by atoms with van der Waals surface area (Å²) in [5, 5.41) is 0. The van der Waals surface area contributed by atoms with Gasteiger partial charge in [-0.25, -0.2) is 16.8 Å². The molecule has 0 radical (unpaired) electrons. The molecular formula is C38H30O6S2. The van der Waals surface area contributed by atoms with E-state index in [0.29, 0.717) is 23.0 Å². The molecule has 0 N–H and O–H groups in total. The third kappa shape index (κ3) is 6.44. The highest BCUT2D eigenvalue weighted by Crippen LogP contribution is 2.31. The van der Waals surface area contributed by atoms with Gasteiger partial charge in [-0.05, 0) is 121 Å². The Morgan fingerprint density at radius 2 is 0.652 bits per heavy atom. The molecule has 0 amide bonds. The smallest absolute Gasteiger partial charge is 0.206 e. The van der Waals surface area contributed by atoms with Gasteiger partial charge < -0.3 is 9.47 Å². The van der Waals surface area contributed by atoms with E-state index in [4.69, 9.17) is 9.47 Å². The fourth-order valence-electron chi connectivity index (χ4n) is 4.89. The molecular weight excluding hydrogens is 617 g/mol. The van der Waals surface area contributed by atoms with E-state index in [-0.39, 0.29) is 19.6 Å². The average Bonchev–Trinajstić information content (AvgIpc) is 3.07. The molecule has 0 spiro atoms. The summed E-state index contributed by atoms with van der Waals surface area (Å²) in [6, 6.07) is 40.9. The second kappa shape index (κ2) is 12.7. The summed E-state index contributed by atoms with van der Waals surface area (Å²) in [6.45, 7) is 3.88. The predicted octanol–water partition coefficient (Wildman–Crippen LogP) is 9.22. The number of hydrogen-bond donors (Lipinski definition) is 0. The Morgan fingerprint density at radius 3 is 0.957 bits per heavy atom. The van der Waals surface area contributed by atoms with E-state index in [0.717, 1.165) is 22.3 Å². The van der Waals surface area contributed by atoms with Crippen molar-refractivity contribution in [2.24, 2.45) is 0 Å². The summed E-state index contributed by atoms with van der Waals surface area (Å²) in [6.07, 6.45) is 0. The predicted molar refractivity (Wildman–Crippen MR) is 178 cm³/mol. The number of ether oxygens (including phenoxy) is 2. The Morgan fingerprint density at radius 1 is 0.370 bits per heavy atom. The van der Waals surface area contributed by atoms with Gasteiger partial charge in [0.25, 0.3) is 0 Å². The third-order valence-corrected chi connectivity index (χ3v) is 11.1. The van der Waals surface area contributed by atoms with Crippen LogP contribution >= 0.6 is 0 Å². The molecule has 0 heterocycles. The van der Waals surface area contributed by atoms with Gasteiger partial charge in [0.2, 0.25) is 19.7 Å². The molecule has 0 fully saturated rings. The van der Waals surface area contributed by atoms with E-state index in [2.05, 4.69) is 0 Å². The number of sulfone groups is 2. The van der Waals surface area contributed by atoms with Crippen molar-refractivity contribution in [2.75, 3.05) is 0 Å². The molecule has 230 valence electrons. The summed E-state index contributed by atoms with van der Waals surface area (Å²) in [5.74, 6) is 2.49. The van der Waals surface area contributed by atoms with Gasteiger partial charge in [-0.2, -0.15) is 0 Å². The van der Waals surface area contributed by atoms with E-state index in [9.17, 15) is 16.8 Å². The maximum absolute atomic E-state index is 13.3. The van der Waals surface area contributed by atoms with Crippen LogP contribution in [0.5, 0.6) is 23.0 Å². The minimum absolute atomic E-state index is 0.151. The van der Waals surface area contributed by atoms with Crippen LogP contribution in [0.25, 0.3) is 11.1 Å². The Bertz CT molecular complexity index is 2040. The van der Waals surface area contributed by atoms with Crippen molar-refractivity contribution in [1.82, 2.24) is 0 Å². The summed E-state index contributed by atoms with van der Waals surface area (Å²) in [7, 11) is -7.52. The summed E-state index contributed by atoms with van der Waals surface area (Å²) >= 11 is 0. The molecule has 6 aromatic rings. The van der Waals surface area contributed by atoms with Crippen LogP contribution in [-0.2, 0) is 19.7 Å². The van der Waals surface area contributed by atoms with Crippen LogP contribution in [0.2, 0.25) is 0 Å². The van der Waals surface area contributed by atoms with Crippen LogP contribution in [0.15, 0.2) is 165 Å². The van der Waals surface area contributed by atoms with Gasteiger partial charge in [0.1, 0.15) is 23.0 Å². The summed E-state index contributed by atoms with van der Waals surface area (Å²) < 4.78 is 65.0. The molecule has 0 aliphatic heterocycles. The molecule has 0 saturated carbocycles. The zero-order chi connectivity index (χ0) is 32.3. The van der Waals surface area contributed by atoms with Crippen LogP contribution in [-0.4, -0.2) is 16.8 Å². The first-order valence-corrected chi connectivity index (χ1v) is 17.5. The quantitative estimate of drug-likeness (QED) is 0.156. The lowest BCUT2D eigenvalue weighted by molar-refractivity contribution is 0.478. The van der Waals surface area contributed by atoms with Crippen molar-refractivity contribution >= 4 is 19.7 Å². The van der Waals surface area contributed by atoms with Gasteiger partial charge in [-0.1, -0.05) is 60.7 Å². The Kier molecular flexibility index (Phi) is 8.49. The van der Waals surface area contributed by atoms with Crippen molar-refractivity contribution in [3.63, 3.8) is 0 Å². The Labute approximate surface area is 269 Å². The van der Waals surface area contributed by atoms with Crippen molar-refractivity contribution < 1.29 is 26.3 Å². The van der Waals surface area contributed by atoms with Crippen molar-refractivity contribution in [3.8, 4) is 34.1 Å². The molecule has 6 nitrogen and oxygen atoms in total. The first-order chi connectivity index (χ1) is 22.1. The van der Waals surface area contributed by atoms with Gasteiger partial charge in [0.05, 0.1) is 19.6 Å². The minimum atomic E-state index is -3.76. The molecule has 0 saturated heterocycles. The highest BCUT2D eigenvalue weighted by Gasteiger charge is 2.20. The topological polar surface area (TPSA) is 86.7 Å². The van der Waals surface area contributed by atoms with Crippen LogP contribution in [0.1, 0.15) is 11.1 Å². The van der Waals surface area contributed by atoms with Gasteiger partial charge in [0, 0.05) is 0 Å². The SMILES string of the molecule is Cc1ccccc1Oc1ccc(S(=O)(=O)c2ccc(-c3ccc(S(=O)(=O)c4ccc(Oc5ccccc5C)cc4)cc3)cc2)cc1. The molecule has 46 heavy (non-hydrogen) atoms. The molecule has 0 unspecified atom stereocenters. The molecule has 6 aromatic carbocycles. The normalized spacial score (nSPS) is 11.6. The first kappa shape index (κ1) is 30.8. The summed E-state index contributed by atoms with van der Waals surface area (Å²) in [5.41, 5.74) is 3.46. The largest absolute Gasteiger partial charge is 0.457 e. The lowest BCUT2D eigenvalue weighted by Crippen LogP contribution is -2.02. The molecule has 8 heteroatoms. The second-order valence-electron chi connectivity index (χ2n) is 10.7. The highest BCUT2D eigenvalue weighted by atomic mass is 32.2. The third-order valence-electron chi connectivity index (χ3n) is 7.57. The maximum Gasteiger partial charge on any atom is 0.206 e. The van der Waals surface area contributed by atoms with E-state index in [1.54, 1.807) is 72.8 Å². The van der Waals surface area contributed by atoms with E-state index < -0.39 is 19.7 Å². The fourth-order valence-corrected chi connectivity index (χ4v) is 7.42. The van der Waals surface area contributed by atoms with E-state index in [1.165, 1.54) is 24.3 Å². The van der Waals surface area contributed by atoms with Crippen LogP contribution < -0.4 is 9.47 Å². The monoisotopic (exact) mass is 646 g/mol. The lowest BCUT2D eigenvalue weighted by atomic mass is 10.1. The second-order valence-corrected chi connectivity index (χ2v) is 14.6. The van der Waals surface area contributed by atoms with E-state index in [1.807, 2.05) is 62.4 Å². The molecule has 0 bridgehead atoms. The standard InChI is InChI=1S/C38H30O6S2/c1-27-7-3-5-9-37(27)43-31-15-23-35(24-16-31)45(39,40)33-19-11-29(12-20-33)30-13-21-34(22-14-30)46(41,42)36-25-17-32(18-26-36)44-38-10-6-4-8-28(38)2/h3-26H,1-2H3. The van der Waals surface area contributed by atoms with Crippen molar-refractivity contribution in [1.29, 1.82) is 0 Å². The number of benzene rings is 6. The van der Waals surface area contributed by atoms with Gasteiger partial charge in [-0.3, -0.25) is 0 Å². The van der Waals surface area contributed by atoms with Gasteiger partial charge in [-0.15, -0.1) is 0 Å². The van der Waals surface area contributed by atoms with Crippen LogP contribution in [0.4, 0.5) is 0 Å². The fraction of sp³-hybridized carbons (Fsp3) is 0.0526. The van der Waals surface area contributed by atoms with E-state index >= 15 is 0 Å². The van der Waals surface area contributed by atoms with Crippen LogP contribution in [0, 0.1) is 13.8 Å². The van der Waals surface area contributed by atoms with Crippen molar-refractivity contribution in [2.45, 2.75) is 33.4 Å². The number of aryl methyl sites for hydroxylation is 2. The highest BCUT2D eigenvalue weighted by molar-refractivity contribution is 7.91. The molecule has 0 atom stereocenters. The van der Waals surface area contributed by atoms with Crippen LogP contribution in [0.3, 0.4) is 0 Å². The molecule has 6 rings (SSSR count). The number of hydrogen-bond acceptors (Lipinski definition) is 6. The molecule has 0 aliphatic carbocycles. The Hall–Kier alpha value is -5.18. The van der Waals surface area contributed by atoms with Gasteiger partial charge >= 0.3 is 0 Å². The number of para-hydroxylation sites is 2. The Balaban J connectivity index is 1.14. The molecule has 0 aliphatic rings. The maximum atomic E-state index is 13.3. The van der Waals surface area contributed by atoms with Gasteiger partial charge in [0.15, 0.2) is 0 Å².